The summed E-state index contributed by atoms with van der Waals surface area (Å²) < 4.78 is 0. The van der Waals surface area contributed by atoms with Crippen molar-refractivity contribution in [1.29, 1.82) is 0 Å². The number of benzene rings is 2. The second kappa shape index (κ2) is 7.18. The SMILES string of the molecule is CC(C)c1ccc(C(=O)Nc2nc(-c3ccccc3)ccc2N)cc1. The molecule has 4 nitrogen and oxygen atoms in total. The number of nitrogens with two attached hydrogens (primary N) is 1. The molecule has 0 atom stereocenters. The number of aromatic nitrogens is 1. The Labute approximate surface area is 147 Å². The van der Waals surface area contributed by atoms with Gasteiger partial charge in [-0.1, -0.05) is 56.3 Å². The van der Waals surface area contributed by atoms with Crippen molar-refractivity contribution >= 4 is 17.4 Å². The highest BCUT2D eigenvalue weighted by Gasteiger charge is 2.11. The second-order valence-electron chi connectivity index (χ2n) is 6.23. The first-order valence-corrected chi connectivity index (χ1v) is 8.28. The third kappa shape index (κ3) is 3.86. The highest BCUT2D eigenvalue weighted by Crippen LogP contribution is 2.24. The van der Waals surface area contributed by atoms with Gasteiger partial charge in [-0.05, 0) is 35.7 Å². The predicted octanol–water partition coefficient (Wildman–Crippen LogP) is 4.71. The maximum absolute atomic E-state index is 12.5. The first-order chi connectivity index (χ1) is 12.0. The zero-order chi connectivity index (χ0) is 17.8. The molecule has 0 radical (unpaired) electrons. The maximum atomic E-state index is 12.5. The largest absolute Gasteiger partial charge is 0.396 e. The highest BCUT2D eigenvalue weighted by molar-refractivity contribution is 6.05. The summed E-state index contributed by atoms with van der Waals surface area (Å²) >= 11 is 0. The summed E-state index contributed by atoms with van der Waals surface area (Å²) in [6.07, 6.45) is 0. The Balaban J connectivity index is 1.83. The van der Waals surface area contributed by atoms with Crippen molar-refractivity contribution in [3.63, 3.8) is 0 Å². The Hall–Kier alpha value is -3.14. The van der Waals surface area contributed by atoms with Crippen LogP contribution in [0.2, 0.25) is 0 Å². The molecule has 126 valence electrons. The van der Waals surface area contributed by atoms with Gasteiger partial charge in [0, 0.05) is 11.1 Å². The highest BCUT2D eigenvalue weighted by atomic mass is 16.1. The van der Waals surface area contributed by atoms with E-state index in [0.29, 0.717) is 23.0 Å². The van der Waals surface area contributed by atoms with E-state index in [9.17, 15) is 4.79 Å². The number of anilines is 2. The minimum Gasteiger partial charge on any atom is -0.396 e. The van der Waals surface area contributed by atoms with E-state index >= 15 is 0 Å². The summed E-state index contributed by atoms with van der Waals surface area (Å²) in [5.74, 6) is 0.580. The summed E-state index contributed by atoms with van der Waals surface area (Å²) in [4.78, 5) is 17.0. The number of hydrogen-bond donors (Lipinski definition) is 2. The van der Waals surface area contributed by atoms with Gasteiger partial charge in [0.2, 0.25) is 0 Å². The maximum Gasteiger partial charge on any atom is 0.256 e. The molecule has 4 heteroatoms. The Morgan fingerprint density at radius 3 is 2.28 bits per heavy atom. The van der Waals surface area contributed by atoms with Gasteiger partial charge >= 0.3 is 0 Å². The van der Waals surface area contributed by atoms with Gasteiger partial charge in [0.1, 0.15) is 0 Å². The molecule has 0 unspecified atom stereocenters. The summed E-state index contributed by atoms with van der Waals surface area (Å²) in [7, 11) is 0. The molecule has 2 aromatic carbocycles. The summed E-state index contributed by atoms with van der Waals surface area (Å²) in [5, 5.41) is 2.81. The number of carbonyl (C=O) groups excluding carboxylic acids is 1. The molecule has 0 saturated carbocycles. The van der Waals surface area contributed by atoms with Crippen LogP contribution in [0.5, 0.6) is 0 Å². The lowest BCUT2D eigenvalue weighted by atomic mass is 10.0. The number of hydrogen-bond acceptors (Lipinski definition) is 3. The summed E-state index contributed by atoms with van der Waals surface area (Å²) in [6, 6.07) is 21.0. The molecule has 0 saturated heterocycles. The van der Waals surface area contributed by atoms with E-state index in [1.165, 1.54) is 5.56 Å². The fourth-order valence-electron chi connectivity index (χ4n) is 2.54. The monoisotopic (exact) mass is 331 g/mol. The second-order valence-corrected chi connectivity index (χ2v) is 6.23. The lowest BCUT2D eigenvalue weighted by Gasteiger charge is -2.10. The molecule has 0 spiro atoms. The molecule has 0 aliphatic carbocycles. The molecule has 0 aliphatic heterocycles. The van der Waals surface area contributed by atoms with Crippen LogP contribution in [0.4, 0.5) is 11.5 Å². The van der Waals surface area contributed by atoms with Gasteiger partial charge in [-0.2, -0.15) is 0 Å². The van der Waals surface area contributed by atoms with Gasteiger partial charge in [0.05, 0.1) is 11.4 Å². The lowest BCUT2D eigenvalue weighted by molar-refractivity contribution is 0.102. The average Bonchev–Trinajstić information content (AvgIpc) is 2.64. The Kier molecular flexibility index (Phi) is 4.80. The van der Waals surface area contributed by atoms with Crippen molar-refractivity contribution in [2.45, 2.75) is 19.8 Å². The number of nitrogens with one attached hydrogen (secondary N) is 1. The molecular formula is C21H21N3O. The Morgan fingerprint density at radius 2 is 1.64 bits per heavy atom. The van der Waals surface area contributed by atoms with E-state index in [-0.39, 0.29) is 5.91 Å². The molecule has 0 bridgehead atoms. The normalized spacial score (nSPS) is 10.7. The standard InChI is InChI=1S/C21H21N3O/c1-14(2)15-8-10-17(11-9-15)21(25)24-20-18(22)12-13-19(23-20)16-6-4-3-5-7-16/h3-14H,22H2,1-2H3,(H,23,24,25). The van der Waals surface area contributed by atoms with Gasteiger partial charge in [0.25, 0.3) is 5.91 Å². The smallest absolute Gasteiger partial charge is 0.256 e. The third-order valence-corrected chi connectivity index (χ3v) is 4.07. The molecule has 0 aliphatic rings. The number of rotatable bonds is 4. The molecule has 3 N–H and O–H groups in total. The Morgan fingerprint density at radius 1 is 0.960 bits per heavy atom. The van der Waals surface area contributed by atoms with Crippen molar-refractivity contribution < 1.29 is 4.79 Å². The average molecular weight is 331 g/mol. The number of pyridine rings is 1. The van der Waals surface area contributed by atoms with Crippen LogP contribution in [0.1, 0.15) is 35.7 Å². The van der Waals surface area contributed by atoms with E-state index in [0.717, 1.165) is 11.3 Å². The number of nitrogen functional groups attached to an aromatic ring is 1. The van der Waals surface area contributed by atoms with Gasteiger partial charge in [-0.3, -0.25) is 4.79 Å². The summed E-state index contributed by atoms with van der Waals surface area (Å²) in [5.41, 5.74) is 9.93. The third-order valence-electron chi connectivity index (χ3n) is 4.07. The van der Waals surface area contributed by atoms with Crippen molar-refractivity contribution in [2.24, 2.45) is 0 Å². The molecule has 0 fully saturated rings. The Bertz CT molecular complexity index is 871. The van der Waals surface area contributed by atoms with Crippen LogP contribution >= 0.6 is 0 Å². The summed E-state index contributed by atoms with van der Waals surface area (Å²) in [6.45, 7) is 4.24. The minimum absolute atomic E-state index is 0.222. The van der Waals surface area contributed by atoms with Crippen molar-refractivity contribution in [2.75, 3.05) is 11.1 Å². The van der Waals surface area contributed by atoms with Crippen LogP contribution in [0, 0.1) is 0 Å². The molecule has 1 heterocycles. The van der Waals surface area contributed by atoms with Gasteiger partial charge in [-0.15, -0.1) is 0 Å². The van der Waals surface area contributed by atoms with Gasteiger partial charge in [0.15, 0.2) is 5.82 Å². The minimum atomic E-state index is -0.222. The van der Waals surface area contributed by atoms with Crippen molar-refractivity contribution in [1.82, 2.24) is 4.98 Å². The van der Waals surface area contributed by atoms with Gasteiger partial charge < -0.3 is 11.1 Å². The van der Waals surface area contributed by atoms with Crippen LogP contribution in [0.3, 0.4) is 0 Å². The van der Waals surface area contributed by atoms with Crippen LogP contribution in [0.15, 0.2) is 66.7 Å². The van der Waals surface area contributed by atoms with E-state index in [1.54, 1.807) is 6.07 Å². The quantitative estimate of drug-likeness (QED) is 0.727. The van der Waals surface area contributed by atoms with E-state index < -0.39 is 0 Å². The van der Waals surface area contributed by atoms with E-state index in [1.807, 2.05) is 60.7 Å². The van der Waals surface area contributed by atoms with Crippen LogP contribution in [0.25, 0.3) is 11.3 Å². The lowest BCUT2D eigenvalue weighted by Crippen LogP contribution is -2.14. The van der Waals surface area contributed by atoms with Crippen LogP contribution in [-0.2, 0) is 0 Å². The van der Waals surface area contributed by atoms with Gasteiger partial charge in [-0.25, -0.2) is 4.98 Å². The molecule has 3 aromatic rings. The number of carbonyl (C=O) groups is 1. The first-order valence-electron chi connectivity index (χ1n) is 8.28. The molecule has 3 rings (SSSR count). The van der Waals surface area contributed by atoms with Crippen LogP contribution in [-0.4, -0.2) is 10.9 Å². The molecule has 25 heavy (non-hydrogen) atoms. The van der Waals surface area contributed by atoms with E-state index in [4.69, 9.17) is 5.73 Å². The fraction of sp³-hybridized carbons (Fsp3) is 0.143. The molecule has 1 aromatic heterocycles. The zero-order valence-electron chi connectivity index (χ0n) is 14.4. The topological polar surface area (TPSA) is 68.0 Å². The molecule has 1 amide bonds. The first kappa shape index (κ1) is 16.7. The predicted molar refractivity (Wildman–Crippen MR) is 103 cm³/mol. The van der Waals surface area contributed by atoms with Crippen molar-refractivity contribution in [3.8, 4) is 11.3 Å². The number of nitrogens with zero attached hydrogens (tertiary/aromatic N) is 1. The zero-order valence-corrected chi connectivity index (χ0v) is 14.4. The number of amides is 1. The van der Waals surface area contributed by atoms with E-state index in [2.05, 4.69) is 24.1 Å². The fourth-order valence-corrected chi connectivity index (χ4v) is 2.54. The van der Waals surface area contributed by atoms with Crippen molar-refractivity contribution in [3.05, 3.63) is 77.9 Å². The molecular weight excluding hydrogens is 310 g/mol. The van der Waals surface area contributed by atoms with Crippen LogP contribution < -0.4 is 11.1 Å².